The molecular formula is C19H32N2. The van der Waals surface area contributed by atoms with E-state index < -0.39 is 0 Å². The van der Waals surface area contributed by atoms with E-state index >= 15 is 0 Å². The Bertz CT molecular complexity index is 376. The molecule has 2 heteroatoms. The number of nitrogens with one attached hydrogen (secondary N) is 1. The Balaban J connectivity index is 1.72. The van der Waals surface area contributed by atoms with Crippen LogP contribution in [0.4, 0.5) is 0 Å². The van der Waals surface area contributed by atoms with Gasteiger partial charge in [0.25, 0.3) is 0 Å². The predicted octanol–water partition coefficient (Wildman–Crippen LogP) is 4.38. The smallest absolute Gasteiger partial charge is 0.0320 e. The van der Waals surface area contributed by atoms with E-state index in [4.69, 9.17) is 0 Å². The molecule has 1 aromatic rings. The average molecular weight is 288 g/mol. The second-order valence-corrected chi connectivity index (χ2v) is 6.44. The summed E-state index contributed by atoms with van der Waals surface area (Å²) in [5.41, 5.74) is 1.44. The molecule has 1 heterocycles. The van der Waals surface area contributed by atoms with Crippen LogP contribution in [0.3, 0.4) is 0 Å². The van der Waals surface area contributed by atoms with Crippen molar-refractivity contribution in [1.29, 1.82) is 0 Å². The summed E-state index contributed by atoms with van der Waals surface area (Å²) >= 11 is 0. The number of hydrogen-bond donors (Lipinski definition) is 1. The highest BCUT2D eigenvalue weighted by molar-refractivity contribution is 5.18. The van der Waals surface area contributed by atoms with Gasteiger partial charge in [-0.25, -0.2) is 0 Å². The van der Waals surface area contributed by atoms with Crippen LogP contribution >= 0.6 is 0 Å². The largest absolute Gasteiger partial charge is 0.310 e. The lowest BCUT2D eigenvalue weighted by atomic mass is 10.0. The van der Waals surface area contributed by atoms with Crippen molar-refractivity contribution in [1.82, 2.24) is 10.2 Å². The summed E-state index contributed by atoms with van der Waals surface area (Å²) in [5.74, 6) is 0. The Morgan fingerprint density at radius 1 is 1.24 bits per heavy atom. The summed E-state index contributed by atoms with van der Waals surface area (Å²) in [5, 5.41) is 3.76. The third-order valence-corrected chi connectivity index (χ3v) is 4.73. The molecule has 2 nitrogen and oxygen atoms in total. The van der Waals surface area contributed by atoms with Crippen LogP contribution in [0.2, 0.25) is 0 Å². The molecule has 0 aliphatic carbocycles. The van der Waals surface area contributed by atoms with Gasteiger partial charge in [-0.1, -0.05) is 50.1 Å². The van der Waals surface area contributed by atoms with Crippen LogP contribution < -0.4 is 5.32 Å². The SMILES string of the molecule is CCCC(NCCCN1CCCCC1C)c1ccccc1. The highest BCUT2D eigenvalue weighted by Gasteiger charge is 2.17. The van der Waals surface area contributed by atoms with E-state index in [0.29, 0.717) is 6.04 Å². The standard InChI is InChI=1S/C19H32N2/c1-3-10-19(18-12-5-4-6-13-18)20-14-9-16-21-15-8-7-11-17(21)2/h4-6,12-13,17,19-20H,3,7-11,14-16H2,1-2H3. The zero-order chi connectivity index (χ0) is 14.9. The van der Waals surface area contributed by atoms with Crippen LogP contribution in [-0.2, 0) is 0 Å². The first-order chi connectivity index (χ1) is 10.3. The maximum atomic E-state index is 3.76. The first-order valence-corrected chi connectivity index (χ1v) is 8.83. The van der Waals surface area contributed by atoms with Gasteiger partial charge >= 0.3 is 0 Å². The average Bonchev–Trinajstić information content (AvgIpc) is 2.53. The van der Waals surface area contributed by atoms with Gasteiger partial charge in [0.15, 0.2) is 0 Å². The molecule has 1 aromatic carbocycles. The first-order valence-electron chi connectivity index (χ1n) is 8.83. The van der Waals surface area contributed by atoms with Crippen LogP contribution in [0.25, 0.3) is 0 Å². The lowest BCUT2D eigenvalue weighted by Gasteiger charge is -2.33. The Kier molecular flexibility index (Phi) is 7.25. The summed E-state index contributed by atoms with van der Waals surface area (Å²) in [6.45, 7) is 8.34. The molecule has 2 rings (SSSR count). The Morgan fingerprint density at radius 3 is 2.76 bits per heavy atom. The molecule has 1 fully saturated rings. The van der Waals surface area contributed by atoms with Crippen LogP contribution in [-0.4, -0.2) is 30.6 Å². The van der Waals surface area contributed by atoms with Crippen molar-refractivity contribution in [2.75, 3.05) is 19.6 Å². The van der Waals surface area contributed by atoms with Crippen molar-refractivity contribution in [3.63, 3.8) is 0 Å². The van der Waals surface area contributed by atoms with Crippen molar-refractivity contribution in [3.8, 4) is 0 Å². The van der Waals surface area contributed by atoms with Crippen molar-refractivity contribution in [2.24, 2.45) is 0 Å². The summed E-state index contributed by atoms with van der Waals surface area (Å²) in [7, 11) is 0. The minimum absolute atomic E-state index is 0.523. The second-order valence-electron chi connectivity index (χ2n) is 6.44. The van der Waals surface area contributed by atoms with Gasteiger partial charge in [-0.2, -0.15) is 0 Å². The first kappa shape index (κ1) is 16.5. The zero-order valence-electron chi connectivity index (χ0n) is 13.9. The summed E-state index contributed by atoms with van der Waals surface area (Å²) < 4.78 is 0. The third-order valence-electron chi connectivity index (χ3n) is 4.73. The number of likely N-dealkylation sites (tertiary alicyclic amines) is 1. The van der Waals surface area contributed by atoms with E-state index in [1.165, 1.54) is 57.2 Å². The van der Waals surface area contributed by atoms with Gasteiger partial charge in [-0.05, 0) is 57.8 Å². The molecule has 0 aromatic heterocycles. The topological polar surface area (TPSA) is 15.3 Å². The number of benzene rings is 1. The van der Waals surface area contributed by atoms with Crippen LogP contribution in [0, 0.1) is 0 Å². The number of rotatable bonds is 8. The number of hydrogen-bond acceptors (Lipinski definition) is 2. The molecule has 0 radical (unpaired) electrons. The fourth-order valence-corrected chi connectivity index (χ4v) is 3.41. The van der Waals surface area contributed by atoms with Gasteiger partial charge in [-0.3, -0.25) is 0 Å². The lowest BCUT2D eigenvalue weighted by molar-refractivity contribution is 0.158. The molecule has 0 spiro atoms. The van der Waals surface area contributed by atoms with Crippen molar-refractivity contribution in [2.45, 2.75) is 64.5 Å². The van der Waals surface area contributed by atoms with Gasteiger partial charge in [-0.15, -0.1) is 0 Å². The highest BCUT2D eigenvalue weighted by atomic mass is 15.2. The molecule has 2 unspecified atom stereocenters. The fraction of sp³-hybridized carbons (Fsp3) is 0.684. The van der Waals surface area contributed by atoms with E-state index in [0.717, 1.165) is 12.6 Å². The molecular weight excluding hydrogens is 256 g/mol. The summed E-state index contributed by atoms with van der Waals surface area (Å²) in [6, 6.07) is 12.2. The quantitative estimate of drug-likeness (QED) is 0.714. The van der Waals surface area contributed by atoms with Gasteiger partial charge < -0.3 is 10.2 Å². The number of nitrogens with zero attached hydrogens (tertiary/aromatic N) is 1. The number of piperidine rings is 1. The normalized spacial score (nSPS) is 21.3. The van der Waals surface area contributed by atoms with E-state index in [-0.39, 0.29) is 0 Å². The minimum atomic E-state index is 0.523. The van der Waals surface area contributed by atoms with Crippen LogP contribution in [0.5, 0.6) is 0 Å². The van der Waals surface area contributed by atoms with Crippen molar-refractivity contribution in [3.05, 3.63) is 35.9 Å². The van der Waals surface area contributed by atoms with Gasteiger partial charge in [0.05, 0.1) is 0 Å². The Hall–Kier alpha value is -0.860. The third kappa shape index (κ3) is 5.44. The monoisotopic (exact) mass is 288 g/mol. The molecule has 21 heavy (non-hydrogen) atoms. The van der Waals surface area contributed by atoms with Gasteiger partial charge in [0.2, 0.25) is 0 Å². The molecule has 1 saturated heterocycles. The fourth-order valence-electron chi connectivity index (χ4n) is 3.41. The van der Waals surface area contributed by atoms with Crippen LogP contribution in [0.15, 0.2) is 30.3 Å². The highest BCUT2D eigenvalue weighted by Crippen LogP contribution is 2.19. The second kappa shape index (κ2) is 9.22. The molecule has 1 aliphatic heterocycles. The minimum Gasteiger partial charge on any atom is -0.310 e. The lowest BCUT2D eigenvalue weighted by Crippen LogP contribution is -2.39. The van der Waals surface area contributed by atoms with E-state index in [1.54, 1.807) is 0 Å². The zero-order valence-corrected chi connectivity index (χ0v) is 13.9. The summed E-state index contributed by atoms with van der Waals surface area (Å²) in [4.78, 5) is 2.67. The Labute approximate surface area is 130 Å². The van der Waals surface area contributed by atoms with Crippen molar-refractivity contribution >= 4 is 0 Å². The van der Waals surface area contributed by atoms with E-state index in [1.807, 2.05) is 0 Å². The maximum absolute atomic E-state index is 3.76. The van der Waals surface area contributed by atoms with E-state index in [2.05, 4.69) is 54.4 Å². The van der Waals surface area contributed by atoms with E-state index in [9.17, 15) is 0 Å². The van der Waals surface area contributed by atoms with Crippen LogP contribution in [0.1, 0.15) is 64.0 Å². The molecule has 1 N–H and O–H groups in total. The maximum Gasteiger partial charge on any atom is 0.0320 e. The van der Waals surface area contributed by atoms with Gasteiger partial charge in [0, 0.05) is 12.1 Å². The summed E-state index contributed by atoms with van der Waals surface area (Å²) in [6.07, 6.45) is 7.91. The Morgan fingerprint density at radius 2 is 2.05 bits per heavy atom. The molecule has 0 amide bonds. The molecule has 0 saturated carbocycles. The molecule has 1 aliphatic rings. The molecule has 2 atom stereocenters. The molecule has 0 bridgehead atoms. The van der Waals surface area contributed by atoms with Crippen molar-refractivity contribution < 1.29 is 0 Å². The predicted molar refractivity (Wildman–Crippen MR) is 91.6 cm³/mol. The van der Waals surface area contributed by atoms with Gasteiger partial charge in [0.1, 0.15) is 0 Å². The molecule has 118 valence electrons.